The summed E-state index contributed by atoms with van der Waals surface area (Å²) >= 11 is 0. The van der Waals surface area contributed by atoms with Gasteiger partial charge in [-0.05, 0) is 49.1 Å². The molecular weight excluding hydrogens is 222 g/mol. The van der Waals surface area contributed by atoms with Crippen molar-refractivity contribution in [3.8, 4) is 0 Å². The topological polar surface area (TPSA) is 20.3 Å². The highest BCUT2D eigenvalue weighted by atomic mass is 16.2. The minimum atomic E-state index is 0.277. The molecule has 0 aromatic heterocycles. The summed E-state index contributed by atoms with van der Waals surface area (Å²) in [7, 11) is 1.89. The van der Waals surface area contributed by atoms with E-state index in [4.69, 9.17) is 0 Å². The summed E-state index contributed by atoms with van der Waals surface area (Å²) in [4.78, 5) is 14.1. The summed E-state index contributed by atoms with van der Waals surface area (Å²) < 4.78 is 0. The van der Waals surface area contributed by atoms with Gasteiger partial charge in [0.2, 0.25) is 5.91 Å². The molecule has 2 aliphatic carbocycles. The number of hydrogen-bond acceptors (Lipinski definition) is 1. The predicted molar refractivity (Wildman–Crippen MR) is 73.4 cm³/mol. The van der Waals surface area contributed by atoms with E-state index in [2.05, 4.69) is 0 Å². The molecule has 1 aromatic carbocycles. The maximum atomic E-state index is 12.3. The predicted octanol–water partition coefficient (Wildman–Crippen LogP) is 3.48. The molecule has 2 heteroatoms. The van der Waals surface area contributed by atoms with Gasteiger partial charge in [-0.2, -0.15) is 0 Å². The van der Waals surface area contributed by atoms with Gasteiger partial charge in [-0.25, -0.2) is 0 Å². The Hall–Kier alpha value is -1.31. The number of carbonyl (C=O) groups excluding carboxylic acids is 1. The number of fused-ring (bicyclic) bond motifs is 2. The molecule has 0 spiro atoms. The first kappa shape index (κ1) is 11.8. The molecule has 3 atom stereocenters. The molecule has 3 unspecified atom stereocenters. The minimum Gasteiger partial charge on any atom is -0.315 e. The first-order chi connectivity index (χ1) is 8.74. The van der Waals surface area contributed by atoms with E-state index in [-0.39, 0.29) is 5.91 Å². The number of nitrogens with zero attached hydrogens (tertiary/aromatic N) is 1. The van der Waals surface area contributed by atoms with Crippen molar-refractivity contribution in [2.45, 2.75) is 32.1 Å². The lowest BCUT2D eigenvalue weighted by Gasteiger charge is -2.24. The lowest BCUT2D eigenvalue weighted by atomic mass is 9.86. The van der Waals surface area contributed by atoms with Crippen molar-refractivity contribution in [3.63, 3.8) is 0 Å². The van der Waals surface area contributed by atoms with Crippen LogP contribution in [0.3, 0.4) is 0 Å². The van der Waals surface area contributed by atoms with Gasteiger partial charge in [0.25, 0.3) is 0 Å². The van der Waals surface area contributed by atoms with Crippen LogP contribution in [-0.4, -0.2) is 13.0 Å². The van der Waals surface area contributed by atoms with Crippen molar-refractivity contribution >= 4 is 11.6 Å². The largest absolute Gasteiger partial charge is 0.315 e. The van der Waals surface area contributed by atoms with Crippen LogP contribution >= 0.6 is 0 Å². The van der Waals surface area contributed by atoms with Gasteiger partial charge in [-0.15, -0.1) is 0 Å². The van der Waals surface area contributed by atoms with Crippen LogP contribution in [0.25, 0.3) is 0 Å². The van der Waals surface area contributed by atoms with Crippen LogP contribution in [0.2, 0.25) is 0 Å². The van der Waals surface area contributed by atoms with Crippen molar-refractivity contribution in [3.05, 3.63) is 30.3 Å². The van der Waals surface area contributed by atoms with E-state index in [0.29, 0.717) is 5.92 Å². The summed E-state index contributed by atoms with van der Waals surface area (Å²) in [6.45, 7) is 0. The lowest BCUT2D eigenvalue weighted by Crippen LogP contribution is -2.29. The van der Waals surface area contributed by atoms with Crippen LogP contribution in [-0.2, 0) is 4.79 Å². The molecule has 96 valence electrons. The highest BCUT2D eigenvalue weighted by molar-refractivity contribution is 5.92. The van der Waals surface area contributed by atoms with Gasteiger partial charge in [0, 0.05) is 19.2 Å². The quantitative estimate of drug-likeness (QED) is 0.796. The van der Waals surface area contributed by atoms with E-state index in [1.54, 1.807) is 0 Å². The van der Waals surface area contributed by atoms with E-state index >= 15 is 0 Å². The molecule has 0 radical (unpaired) electrons. The number of anilines is 1. The summed E-state index contributed by atoms with van der Waals surface area (Å²) in [5, 5.41) is 0. The number of para-hydroxylation sites is 1. The fourth-order valence-electron chi connectivity index (χ4n) is 3.78. The van der Waals surface area contributed by atoms with Gasteiger partial charge < -0.3 is 4.90 Å². The van der Waals surface area contributed by atoms with E-state index in [1.807, 2.05) is 42.3 Å². The van der Waals surface area contributed by atoms with Gasteiger partial charge in [0.1, 0.15) is 0 Å². The van der Waals surface area contributed by atoms with E-state index < -0.39 is 0 Å². The molecule has 3 rings (SSSR count). The third-order valence-electron chi connectivity index (χ3n) is 4.84. The first-order valence-electron chi connectivity index (χ1n) is 7.05. The van der Waals surface area contributed by atoms with Crippen molar-refractivity contribution < 1.29 is 4.79 Å². The third-order valence-corrected chi connectivity index (χ3v) is 4.84. The van der Waals surface area contributed by atoms with Crippen molar-refractivity contribution in [2.24, 2.45) is 17.8 Å². The average molecular weight is 243 g/mol. The Morgan fingerprint density at radius 1 is 1.22 bits per heavy atom. The Labute approximate surface area is 109 Å². The van der Waals surface area contributed by atoms with Crippen LogP contribution < -0.4 is 4.90 Å². The van der Waals surface area contributed by atoms with Gasteiger partial charge >= 0.3 is 0 Å². The second kappa shape index (κ2) is 4.75. The molecule has 0 N–H and O–H groups in total. The van der Waals surface area contributed by atoms with E-state index in [0.717, 1.165) is 23.9 Å². The van der Waals surface area contributed by atoms with E-state index in [9.17, 15) is 4.79 Å². The molecule has 1 aromatic rings. The number of carbonyl (C=O) groups is 1. The summed E-state index contributed by atoms with van der Waals surface area (Å²) in [6, 6.07) is 9.95. The average Bonchev–Trinajstić information content (AvgIpc) is 3.01. The molecular formula is C16H21NO. The van der Waals surface area contributed by atoms with Gasteiger partial charge in [0.05, 0.1) is 0 Å². The third kappa shape index (κ3) is 2.16. The smallest absolute Gasteiger partial charge is 0.227 e. The van der Waals surface area contributed by atoms with Crippen LogP contribution in [0, 0.1) is 17.8 Å². The number of benzene rings is 1. The number of rotatable bonds is 3. The molecule has 2 nitrogen and oxygen atoms in total. The van der Waals surface area contributed by atoms with Crippen LogP contribution in [0.5, 0.6) is 0 Å². The molecule has 2 bridgehead atoms. The molecule has 0 saturated heterocycles. The van der Waals surface area contributed by atoms with Gasteiger partial charge in [-0.3, -0.25) is 4.79 Å². The Bertz CT molecular complexity index is 428. The van der Waals surface area contributed by atoms with Crippen molar-refractivity contribution in [2.75, 3.05) is 11.9 Å². The Morgan fingerprint density at radius 2 is 2.00 bits per heavy atom. The summed E-state index contributed by atoms with van der Waals surface area (Å²) in [6.07, 6.45) is 6.18. The molecule has 1 amide bonds. The number of amides is 1. The van der Waals surface area contributed by atoms with Gasteiger partial charge in [-0.1, -0.05) is 24.6 Å². The van der Waals surface area contributed by atoms with E-state index in [1.165, 1.54) is 25.7 Å². The first-order valence-corrected chi connectivity index (χ1v) is 7.05. The Balaban J connectivity index is 1.62. The standard InChI is InChI=1S/C16H21NO/c1-17(15-5-3-2-4-6-15)16(18)11-14-10-12-7-8-13(14)9-12/h2-6,12-14H,7-11H2,1H3. The minimum absolute atomic E-state index is 0.277. The zero-order valence-corrected chi connectivity index (χ0v) is 11.0. The zero-order chi connectivity index (χ0) is 12.5. The Kier molecular flexibility index (Phi) is 3.11. The fourth-order valence-corrected chi connectivity index (χ4v) is 3.78. The maximum Gasteiger partial charge on any atom is 0.227 e. The second-order valence-corrected chi connectivity index (χ2v) is 5.93. The summed E-state index contributed by atoms with van der Waals surface area (Å²) in [5.41, 5.74) is 1.01. The maximum absolute atomic E-state index is 12.3. The van der Waals surface area contributed by atoms with Crippen molar-refractivity contribution in [1.29, 1.82) is 0 Å². The second-order valence-electron chi connectivity index (χ2n) is 5.93. The van der Waals surface area contributed by atoms with Crippen LogP contribution in [0.4, 0.5) is 5.69 Å². The molecule has 2 saturated carbocycles. The highest BCUT2D eigenvalue weighted by Gasteiger charge is 2.40. The highest BCUT2D eigenvalue weighted by Crippen LogP contribution is 2.49. The van der Waals surface area contributed by atoms with Crippen molar-refractivity contribution in [1.82, 2.24) is 0 Å². The lowest BCUT2D eigenvalue weighted by molar-refractivity contribution is -0.119. The van der Waals surface area contributed by atoms with Gasteiger partial charge in [0.15, 0.2) is 0 Å². The molecule has 18 heavy (non-hydrogen) atoms. The zero-order valence-electron chi connectivity index (χ0n) is 11.0. The SMILES string of the molecule is CN(C(=O)CC1CC2CCC1C2)c1ccccc1. The molecule has 2 aliphatic rings. The summed E-state index contributed by atoms with van der Waals surface area (Å²) in [5.74, 6) is 2.69. The molecule has 2 fully saturated rings. The molecule has 0 heterocycles. The monoisotopic (exact) mass is 243 g/mol. The number of hydrogen-bond donors (Lipinski definition) is 0. The fraction of sp³-hybridized carbons (Fsp3) is 0.562. The normalized spacial score (nSPS) is 29.5. The molecule has 0 aliphatic heterocycles. The Morgan fingerprint density at radius 3 is 2.61 bits per heavy atom. The van der Waals surface area contributed by atoms with Crippen LogP contribution in [0.1, 0.15) is 32.1 Å². The van der Waals surface area contributed by atoms with Crippen LogP contribution in [0.15, 0.2) is 30.3 Å².